The van der Waals surface area contributed by atoms with Gasteiger partial charge < -0.3 is 15.2 Å². The van der Waals surface area contributed by atoms with Crippen LogP contribution in [-0.2, 0) is 4.74 Å². The Morgan fingerprint density at radius 3 is 2.60 bits per heavy atom. The lowest BCUT2D eigenvalue weighted by Crippen LogP contribution is -2.38. The first-order valence-corrected chi connectivity index (χ1v) is 7.06. The highest BCUT2D eigenvalue weighted by molar-refractivity contribution is 5.84. The van der Waals surface area contributed by atoms with Gasteiger partial charge >= 0.3 is 6.09 Å². The minimum Gasteiger partial charge on any atom is -0.497 e. The topological polar surface area (TPSA) is 73.6 Å². The second kappa shape index (κ2) is 7.14. The van der Waals surface area contributed by atoms with Gasteiger partial charge in [0.15, 0.2) is 0 Å². The summed E-state index contributed by atoms with van der Waals surface area (Å²) in [5, 5.41) is 2.71. The summed E-state index contributed by atoms with van der Waals surface area (Å²) < 4.78 is 10.5. The number of hydrogen-bond acceptors (Lipinski definition) is 4. The fraction of sp³-hybridized carbons (Fsp3) is 0.533. The van der Waals surface area contributed by atoms with E-state index in [1.807, 2.05) is 0 Å². The van der Waals surface area contributed by atoms with E-state index in [4.69, 9.17) is 15.2 Å². The molecule has 2 rings (SSSR count). The predicted octanol–water partition coefficient (Wildman–Crippen LogP) is 2.90. The highest BCUT2D eigenvalue weighted by Crippen LogP contribution is 2.20. The lowest BCUT2D eigenvalue weighted by molar-refractivity contribution is 0.0898. The van der Waals surface area contributed by atoms with Crippen molar-refractivity contribution in [1.82, 2.24) is 0 Å². The minimum atomic E-state index is -0.447. The molecular formula is C15H22N2O3. The molecule has 5 heteroatoms. The summed E-state index contributed by atoms with van der Waals surface area (Å²) in [6.45, 7) is 0. The molecule has 1 aliphatic carbocycles. The maximum atomic E-state index is 11.9. The van der Waals surface area contributed by atoms with Crippen LogP contribution in [0.2, 0.25) is 0 Å². The third-order valence-corrected chi connectivity index (χ3v) is 3.60. The summed E-state index contributed by atoms with van der Waals surface area (Å²) in [7, 11) is 1.60. The van der Waals surface area contributed by atoms with Crippen molar-refractivity contribution in [3.63, 3.8) is 0 Å². The number of rotatable bonds is 3. The Morgan fingerprint density at radius 2 is 1.90 bits per heavy atom. The lowest BCUT2D eigenvalue weighted by Gasteiger charge is -2.21. The van der Waals surface area contributed by atoms with Crippen molar-refractivity contribution in [1.29, 1.82) is 0 Å². The van der Waals surface area contributed by atoms with Crippen LogP contribution >= 0.6 is 0 Å². The van der Waals surface area contributed by atoms with Crippen LogP contribution in [-0.4, -0.2) is 25.3 Å². The standard InChI is InChI=1S/C15H22N2O3/c1-19-12-9-7-11(8-10-12)17-15(18)20-14-6-4-2-3-5-13(14)16/h7-10,13-14H,2-6,16H2,1H3,(H,17,18). The van der Waals surface area contributed by atoms with Crippen molar-refractivity contribution in [2.45, 2.75) is 44.2 Å². The lowest BCUT2D eigenvalue weighted by atomic mass is 10.1. The van der Waals surface area contributed by atoms with Crippen molar-refractivity contribution >= 4 is 11.8 Å². The summed E-state index contributed by atoms with van der Waals surface area (Å²) in [6.07, 6.45) is 4.47. The third-order valence-electron chi connectivity index (χ3n) is 3.60. The van der Waals surface area contributed by atoms with E-state index >= 15 is 0 Å². The molecule has 1 amide bonds. The maximum Gasteiger partial charge on any atom is 0.411 e. The number of carbonyl (C=O) groups excluding carboxylic acids is 1. The van der Waals surface area contributed by atoms with Gasteiger partial charge in [-0.15, -0.1) is 0 Å². The average molecular weight is 278 g/mol. The molecule has 0 aliphatic heterocycles. The van der Waals surface area contributed by atoms with Crippen LogP contribution in [0.4, 0.5) is 10.5 Å². The van der Waals surface area contributed by atoms with Crippen LogP contribution < -0.4 is 15.8 Å². The molecule has 0 bridgehead atoms. The van der Waals surface area contributed by atoms with E-state index in [-0.39, 0.29) is 12.1 Å². The molecule has 1 saturated carbocycles. The van der Waals surface area contributed by atoms with Crippen LogP contribution in [0.1, 0.15) is 32.1 Å². The first kappa shape index (κ1) is 14.7. The van der Waals surface area contributed by atoms with Crippen LogP contribution in [0, 0.1) is 0 Å². The van der Waals surface area contributed by atoms with E-state index in [2.05, 4.69) is 5.32 Å². The molecule has 2 unspecified atom stereocenters. The number of amides is 1. The first-order chi connectivity index (χ1) is 9.69. The number of anilines is 1. The molecule has 5 nitrogen and oxygen atoms in total. The maximum absolute atomic E-state index is 11.9. The Bertz CT molecular complexity index is 433. The molecule has 0 spiro atoms. The highest BCUT2D eigenvalue weighted by atomic mass is 16.6. The van der Waals surface area contributed by atoms with E-state index in [1.54, 1.807) is 31.4 Å². The highest BCUT2D eigenvalue weighted by Gasteiger charge is 2.23. The molecule has 0 radical (unpaired) electrons. The molecule has 20 heavy (non-hydrogen) atoms. The van der Waals surface area contributed by atoms with Gasteiger partial charge in [0, 0.05) is 11.7 Å². The van der Waals surface area contributed by atoms with Crippen molar-refractivity contribution in [3.05, 3.63) is 24.3 Å². The number of hydrogen-bond donors (Lipinski definition) is 2. The van der Waals surface area contributed by atoms with Gasteiger partial charge in [-0.05, 0) is 43.5 Å². The van der Waals surface area contributed by atoms with Gasteiger partial charge in [0.2, 0.25) is 0 Å². The summed E-state index contributed by atoms with van der Waals surface area (Å²) >= 11 is 0. The van der Waals surface area contributed by atoms with Gasteiger partial charge in [-0.2, -0.15) is 0 Å². The molecule has 1 aromatic carbocycles. The Kier molecular flexibility index (Phi) is 5.24. The fourth-order valence-corrected chi connectivity index (χ4v) is 2.41. The van der Waals surface area contributed by atoms with Gasteiger partial charge in [0.25, 0.3) is 0 Å². The van der Waals surface area contributed by atoms with E-state index < -0.39 is 6.09 Å². The number of nitrogens with two attached hydrogens (primary N) is 1. The van der Waals surface area contributed by atoms with Crippen LogP contribution in [0.3, 0.4) is 0 Å². The molecule has 0 saturated heterocycles. The van der Waals surface area contributed by atoms with Gasteiger partial charge in [0.05, 0.1) is 7.11 Å². The zero-order valence-electron chi connectivity index (χ0n) is 11.8. The first-order valence-electron chi connectivity index (χ1n) is 7.06. The predicted molar refractivity (Wildman–Crippen MR) is 77.9 cm³/mol. The number of ether oxygens (including phenoxy) is 2. The van der Waals surface area contributed by atoms with E-state index in [9.17, 15) is 4.79 Å². The summed E-state index contributed by atoms with van der Waals surface area (Å²) in [5.74, 6) is 0.745. The molecule has 0 heterocycles. The van der Waals surface area contributed by atoms with E-state index in [0.717, 1.165) is 37.9 Å². The largest absolute Gasteiger partial charge is 0.497 e. The normalized spacial score (nSPS) is 22.7. The molecule has 1 fully saturated rings. The van der Waals surface area contributed by atoms with E-state index in [0.29, 0.717) is 5.69 Å². The van der Waals surface area contributed by atoms with Crippen LogP contribution in [0.5, 0.6) is 5.75 Å². The third kappa shape index (κ3) is 4.13. The monoisotopic (exact) mass is 278 g/mol. The van der Waals surface area contributed by atoms with Gasteiger partial charge in [0.1, 0.15) is 11.9 Å². The van der Waals surface area contributed by atoms with Gasteiger partial charge in [-0.25, -0.2) is 4.79 Å². The van der Waals surface area contributed by atoms with Crippen molar-refractivity contribution in [3.8, 4) is 5.75 Å². The molecule has 3 N–H and O–H groups in total. The van der Waals surface area contributed by atoms with Crippen LogP contribution in [0.25, 0.3) is 0 Å². The molecule has 1 aliphatic rings. The minimum absolute atomic E-state index is 0.0564. The van der Waals surface area contributed by atoms with Crippen molar-refractivity contribution < 1.29 is 14.3 Å². The smallest absolute Gasteiger partial charge is 0.411 e. The molecule has 2 atom stereocenters. The van der Waals surface area contributed by atoms with Gasteiger partial charge in [-0.3, -0.25) is 5.32 Å². The number of nitrogens with one attached hydrogen (secondary N) is 1. The molecule has 0 aromatic heterocycles. The quantitative estimate of drug-likeness (QED) is 0.834. The summed E-state index contributed by atoms with van der Waals surface area (Å²) in [4.78, 5) is 11.9. The Labute approximate surface area is 119 Å². The Hall–Kier alpha value is -1.75. The summed E-state index contributed by atoms with van der Waals surface area (Å²) in [5.41, 5.74) is 6.72. The number of benzene rings is 1. The fourth-order valence-electron chi connectivity index (χ4n) is 2.41. The van der Waals surface area contributed by atoms with Crippen molar-refractivity contribution in [2.24, 2.45) is 5.73 Å². The summed E-state index contributed by atoms with van der Waals surface area (Å²) in [6, 6.07) is 7.05. The Morgan fingerprint density at radius 1 is 1.20 bits per heavy atom. The average Bonchev–Trinajstić information content (AvgIpc) is 2.65. The SMILES string of the molecule is COc1ccc(NC(=O)OC2CCCCCC2N)cc1. The second-order valence-corrected chi connectivity index (χ2v) is 5.10. The zero-order chi connectivity index (χ0) is 14.4. The zero-order valence-corrected chi connectivity index (χ0v) is 11.8. The number of methoxy groups -OCH3 is 1. The second-order valence-electron chi connectivity index (χ2n) is 5.10. The van der Waals surface area contributed by atoms with Crippen molar-refractivity contribution in [2.75, 3.05) is 12.4 Å². The Balaban J connectivity index is 1.87. The van der Waals surface area contributed by atoms with Crippen LogP contribution in [0.15, 0.2) is 24.3 Å². The molecule has 1 aromatic rings. The number of carbonyl (C=O) groups is 1. The van der Waals surface area contributed by atoms with Gasteiger partial charge in [-0.1, -0.05) is 12.8 Å². The molecular weight excluding hydrogens is 256 g/mol. The molecule has 110 valence electrons. The van der Waals surface area contributed by atoms with E-state index in [1.165, 1.54) is 0 Å².